The standard InChI is InChI=1S/C14H23N5O/c1-3-11-12(4-2)18-19-14(16-11)17-13(20)9-7-5-6-8-10(9)15/h9-10H,3-8,15H2,1-2H3,(H,16,17,19,20). The smallest absolute Gasteiger partial charge is 0.249 e. The molecule has 0 aromatic carbocycles. The highest BCUT2D eigenvalue weighted by atomic mass is 16.2. The number of hydrogen-bond acceptors (Lipinski definition) is 5. The zero-order valence-electron chi connectivity index (χ0n) is 12.2. The molecule has 1 saturated carbocycles. The lowest BCUT2D eigenvalue weighted by Gasteiger charge is -2.27. The van der Waals surface area contributed by atoms with Crippen LogP contribution in [0.25, 0.3) is 0 Å². The van der Waals surface area contributed by atoms with Crippen molar-refractivity contribution in [3.05, 3.63) is 11.4 Å². The highest BCUT2D eigenvalue weighted by molar-refractivity contribution is 5.91. The predicted molar refractivity (Wildman–Crippen MR) is 77.1 cm³/mol. The van der Waals surface area contributed by atoms with E-state index >= 15 is 0 Å². The van der Waals surface area contributed by atoms with Gasteiger partial charge >= 0.3 is 0 Å². The minimum absolute atomic E-state index is 0.0581. The van der Waals surface area contributed by atoms with Crippen molar-refractivity contribution in [1.29, 1.82) is 0 Å². The maximum absolute atomic E-state index is 12.2. The minimum Gasteiger partial charge on any atom is -0.327 e. The zero-order valence-corrected chi connectivity index (χ0v) is 12.2. The summed E-state index contributed by atoms with van der Waals surface area (Å²) in [5, 5.41) is 10.9. The molecule has 2 atom stereocenters. The summed E-state index contributed by atoms with van der Waals surface area (Å²) in [4.78, 5) is 16.6. The van der Waals surface area contributed by atoms with Crippen molar-refractivity contribution in [3.63, 3.8) is 0 Å². The summed E-state index contributed by atoms with van der Waals surface area (Å²) in [5.74, 6) is 0.0791. The number of nitrogens with zero attached hydrogens (tertiary/aromatic N) is 3. The third-order valence-corrected chi connectivity index (χ3v) is 3.90. The van der Waals surface area contributed by atoms with E-state index < -0.39 is 0 Å². The Kier molecular flexibility index (Phi) is 5.00. The van der Waals surface area contributed by atoms with Gasteiger partial charge < -0.3 is 5.73 Å². The van der Waals surface area contributed by atoms with Gasteiger partial charge in [-0.25, -0.2) is 4.98 Å². The first-order valence-corrected chi connectivity index (χ1v) is 7.44. The number of aryl methyl sites for hydroxylation is 2. The van der Waals surface area contributed by atoms with Gasteiger partial charge in [-0.3, -0.25) is 10.1 Å². The molecule has 1 aliphatic rings. The number of anilines is 1. The van der Waals surface area contributed by atoms with E-state index in [4.69, 9.17) is 5.73 Å². The molecule has 6 nitrogen and oxygen atoms in total. The summed E-state index contributed by atoms with van der Waals surface area (Å²) < 4.78 is 0. The summed E-state index contributed by atoms with van der Waals surface area (Å²) in [5.41, 5.74) is 7.80. The first kappa shape index (κ1) is 14.8. The number of aromatic nitrogens is 3. The first-order valence-electron chi connectivity index (χ1n) is 7.44. The summed E-state index contributed by atoms with van der Waals surface area (Å²) >= 11 is 0. The van der Waals surface area contributed by atoms with E-state index in [2.05, 4.69) is 20.5 Å². The fourth-order valence-electron chi connectivity index (χ4n) is 2.68. The van der Waals surface area contributed by atoms with Crippen LogP contribution in [0.2, 0.25) is 0 Å². The molecule has 0 spiro atoms. The zero-order chi connectivity index (χ0) is 14.5. The molecule has 1 amide bonds. The molecule has 1 aliphatic carbocycles. The first-order chi connectivity index (χ1) is 9.65. The van der Waals surface area contributed by atoms with Gasteiger partial charge in [-0.2, -0.15) is 0 Å². The quantitative estimate of drug-likeness (QED) is 0.868. The molecule has 1 heterocycles. The van der Waals surface area contributed by atoms with Crippen LogP contribution < -0.4 is 11.1 Å². The summed E-state index contributed by atoms with van der Waals surface area (Å²) in [7, 11) is 0. The van der Waals surface area contributed by atoms with Crippen LogP contribution in [0.1, 0.15) is 50.9 Å². The van der Waals surface area contributed by atoms with E-state index in [1.807, 2.05) is 13.8 Å². The van der Waals surface area contributed by atoms with Gasteiger partial charge in [0, 0.05) is 6.04 Å². The van der Waals surface area contributed by atoms with Crippen molar-refractivity contribution in [1.82, 2.24) is 15.2 Å². The monoisotopic (exact) mass is 277 g/mol. The Morgan fingerprint density at radius 1 is 1.20 bits per heavy atom. The molecular weight excluding hydrogens is 254 g/mol. The van der Waals surface area contributed by atoms with Crippen molar-refractivity contribution in [3.8, 4) is 0 Å². The SMILES string of the molecule is CCc1nnc(NC(=O)C2CCCCC2N)nc1CC. The molecule has 3 N–H and O–H groups in total. The third-order valence-electron chi connectivity index (χ3n) is 3.90. The number of rotatable bonds is 4. The molecule has 110 valence electrons. The Morgan fingerprint density at radius 3 is 2.55 bits per heavy atom. The van der Waals surface area contributed by atoms with Crippen LogP contribution >= 0.6 is 0 Å². The van der Waals surface area contributed by atoms with E-state index in [1.165, 1.54) is 0 Å². The number of nitrogens with two attached hydrogens (primary N) is 1. The Hall–Kier alpha value is -1.56. The van der Waals surface area contributed by atoms with Crippen LogP contribution in [-0.4, -0.2) is 27.1 Å². The van der Waals surface area contributed by atoms with Crippen LogP contribution in [0.5, 0.6) is 0 Å². The maximum Gasteiger partial charge on any atom is 0.249 e. The number of nitrogens with one attached hydrogen (secondary N) is 1. The van der Waals surface area contributed by atoms with Crippen molar-refractivity contribution < 1.29 is 4.79 Å². The molecule has 0 bridgehead atoms. The lowest BCUT2D eigenvalue weighted by atomic mass is 9.84. The van der Waals surface area contributed by atoms with Crippen LogP contribution in [0.4, 0.5) is 5.95 Å². The number of amides is 1. The van der Waals surface area contributed by atoms with Gasteiger partial charge in [0.05, 0.1) is 17.3 Å². The van der Waals surface area contributed by atoms with Crippen molar-refractivity contribution in [2.24, 2.45) is 11.7 Å². The molecular formula is C14H23N5O. The molecule has 6 heteroatoms. The molecule has 0 aliphatic heterocycles. The lowest BCUT2D eigenvalue weighted by molar-refractivity contribution is -0.121. The normalized spacial score (nSPS) is 22.6. The number of carbonyl (C=O) groups is 1. The van der Waals surface area contributed by atoms with Crippen LogP contribution in [-0.2, 0) is 17.6 Å². The third kappa shape index (κ3) is 3.30. The molecule has 2 unspecified atom stereocenters. The van der Waals surface area contributed by atoms with Crippen molar-refractivity contribution in [2.75, 3.05) is 5.32 Å². The maximum atomic E-state index is 12.2. The summed E-state index contributed by atoms with van der Waals surface area (Å²) in [6.07, 6.45) is 5.49. The van der Waals surface area contributed by atoms with Gasteiger partial charge in [-0.1, -0.05) is 26.7 Å². The molecule has 1 aromatic heterocycles. The lowest BCUT2D eigenvalue weighted by Crippen LogP contribution is -2.41. The van der Waals surface area contributed by atoms with E-state index in [1.54, 1.807) is 0 Å². The van der Waals surface area contributed by atoms with Gasteiger partial charge in [0.25, 0.3) is 0 Å². The highest BCUT2D eigenvalue weighted by Gasteiger charge is 2.28. The van der Waals surface area contributed by atoms with Crippen LogP contribution in [0.15, 0.2) is 0 Å². The van der Waals surface area contributed by atoms with E-state index in [0.29, 0.717) is 5.95 Å². The van der Waals surface area contributed by atoms with Crippen molar-refractivity contribution >= 4 is 11.9 Å². The molecule has 20 heavy (non-hydrogen) atoms. The average molecular weight is 277 g/mol. The van der Waals surface area contributed by atoms with Gasteiger partial charge in [0.2, 0.25) is 11.9 Å². The van der Waals surface area contributed by atoms with E-state index in [-0.39, 0.29) is 17.9 Å². The minimum atomic E-state index is -0.136. The second-order valence-corrected chi connectivity index (χ2v) is 5.28. The Bertz CT molecular complexity index is 477. The van der Waals surface area contributed by atoms with Crippen molar-refractivity contribution in [2.45, 2.75) is 58.4 Å². The van der Waals surface area contributed by atoms with Gasteiger partial charge in [0.1, 0.15) is 0 Å². The van der Waals surface area contributed by atoms with Crippen LogP contribution in [0, 0.1) is 5.92 Å². The Morgan fingerprint density at radius 2 is 1.90 bits per heavy atom. The number of carbonyl (C=O) groups excluding carboxylic acids is 1. The summed E-state index contributed by atoms with van der Waals surface area (Å²) in [6.45, 7) is 4.04. The topological polar surface area (TPSA) is 93.8 Å². The fraction of sp³-hybridized carbons (Fsp3) is 0.714. The Labute approximate surface area is 119 Å². The molecule has 1 aromatic rings. The van der Waals surface area contributed by atoms with E-state index in [0.717, 1.165) is 49.9 Å². The number of hydrogen-bond donors (Lipinski definition) is 2. The fourth-order valence-corrected chi connectivity index (χ4v) is 2.68. The molecule has 0 radical (unpaired) electrons. The van der Waals surface area contributed by atoms with Gasteiger partial charge in [-0.05, 0) is 25.7 Å². The highest BCUT2D eigenvalue weighted by Crippen LogP contribution is 2.23. The Balaban J connectivity index is 2.07. The van der Waals surface area contributed by atoms with Crippen LogP contribution in [0.3, 0.4) is 0 Å². The molecule has 0 saturated heterocycles. The largest absolute Gasteiger partial charge is 0.327 e. The van der Waals surface area contributed by atoms with E-state index in [9.17, 15) is 4.79 Å². The van der Waals surface area contributed by atoms with Gasteiger partial charge in [0.15, 0.2) is 0 Å². The molecule has 1 fully saturated rings. The second-order valence-electron chi connectivity index (χ2n) is 5.28. The second kappa shape index (κ2) is 6.74. The average Bonchev–Trinajstić information content (AvgIpc) is 2.47. The predicted octanol–water partition coefficient (Wildman–Crippen LogP) is 1.45. The summed E-state index contributed by atoms with van der Waals surface area (Å²) in [6, 6.07) is -0.0581. The van der Waals surface area contributed by atoms with Gasteiger partial charge in [-0.15, -0.1) is 10.2 Å². The molecule has 2 rings (SSSR count).